The molecule has 0 atom stereocenters. The summed E-state index contributed by atoms with van der Waals surface area (Å²) in [5.74, 6) is 0.0511. The van der Waals surface area contributed by atoms with Crippen molar-refractivity contribution in [2.75, 3.05) is 12.5 Å². The molecule has 22 heavy (non-hydrogen) atoms. The van der Waals surface area contributed by atoms with E-state index in [0.717, 1.165) is 11.8 Å². The third kappa shape index (κ3) is 2.89. The molecule has 6 nitrogen and oxygen atoms in total. The van der Waals surface area contributed by atoms with Gasteiger partial charge in [0.05, 0.1) is 11.3 Å². The van der Waals surface area contributed by atoms with Gasteiger partial charge in [-0.2, -0.15) is 0 Å². The van der Waals surface area contributed by atoms with Crippen LogP contribution in [0.3, 0.4) is 0 Å². The van der Waals surface area contributed by atoms with Crippen molar-refractivity contribution < 1.29 is 24.2 Å². The fourth-order valence-corrected chi connectivity index (χ4v) is 2.84. The summed E-state index contributed by atoms with van der Waals surface area (Å²) in [7, 11) is 0. The van der Waals surface area contributed by atoms with E-state index in [1.165, 1.54) is 12.3 Å². The van der Waals surface area contributed by atoms with Gasteiger partial charge in [-0.25, -0.2) is 9.78 Å². The summed E-state index contributed by atoms with van der Waals surface area (Å²) in [6, 6.07) is 7.98. The molecule has 0 amide bonds. The van der Waals surface area contributed by atoms with Crippen molar-refractivity contribution in [1.82, 2.24) is 4.98 Å². The number of fused-ring (bicyclic) bond motifs is 1. The van der Waals surface area contributed by atoms with Crippen LogP contribution in [0.5, 0.6) is 11.5 Å². The van der Waals surface area contributed by atoms with Crippen LogP contribution in [-0.4, -0.2) is 34.4 Å². The Morgan fingerprint density at radius 3 is 2.86 bits per heavy atom. The first-order valence-electron chi connectivity index (χ1n) is 6.39. The molecular weight excluding hydrogens is 306 g/mol. The molecule has 112 valence electrons. The van der Waals surface area contributed by atoms with E-state index in [0.29, 0.717) is 22.1 Å². The van der Waals surface area contributed by atoms with Crippen molar-refractivity contribution in [3.63, 3.8) is 0 Å². The van der Waals surface area contributed by atoms with Gasteiger partial charge in [-0.05, 0) is 30.3 Å². The summed E-state index contributed by atoms with van der Waals surface area (Å²) in [6.45, 7) is 0.150. The number of rotatable bonds is 5. The fourth-order valence-electron chi connectivity index (χ4n) is 1.96. The van der Waals surface area contributed by atoms with Gasteiger partial charge in [0.1, 0.15) is 5.03 Å². The number of carbonyl (C=O) groups is 2. The molecule has 1 N–H and O–H groups in total. The molecule has 0 spiro atoms. The monoisotopic (exact) mass is 317 g/mol. The maximum Gasteiger partial charge on any atom is 0.338 e. The minimum Gasteiger partial charge on any atom is -0.478 e. The molecule has 1 aromatic carbocycles. The van der Waals surface area contributed by atoms with Crippen molar-refractivity contribution in [2.24, 2.45) is 0 Å². The van der Waals surface area contributed by atoms with Crippen LogP contribution in [0.25, 0.3) is 0 Å². The zero-order chi connectivity index (χ0) is 15.5. The molecular formula is C15H11NO5S. The molecule has 1 aliphatic rings. The van der Waals surface area contributed by atoms with Crippen LogP contribution < -0.4 is 9.47 Å². The van der Waals surface area contributed by atoms with E-state index < -0.39 is 5.97 Å². The molecule has 0 saturated heterocycles. The van der Waals surface area contributed by atoms with Crippen molar-refractivity contribution in [1.29, 1.82) is 0 Å². The highest BCUT2D eigenvalue weighted by atomic mass is 32.2. The fraction of sp³-hybridized carbons (Fsp3) is 0.133. The largest absolute Gasteiger partial charge is 0.478 e. The van der Waals surface area contributed by atoms with E-state index in [1.807, 2.05) is 0 Å². The van der Waals surface area contributed by atoms with Gasteiger partial charge in [0.25, 0.3) is 0 Å². The smallest absolute Gasteiger partial charge is 0.338 e. The number of ether oxygens (including phenoxy) is 2. The molecule has 2 aromatic rings. The number of hydrogen-bond acceptors (Lipinski definition) is 6. The standard InChI is InChI=1S/C15H11NO5S/c17-11(9-3-4-12-13(6-9)21-8-20-12)7-22-14-10(15(18)19)2-1-5-16-14/h1-6H,7-8H2,(H,18,19). The SMILES string of the molecule is O=C(CSc1ncccc1C(=O)O)c1ccc2c(c1)OCO2. The normalized spacial score (nSPS) is 12.2. The number of carboxylic acid groups (broad SMARTS) is 1. The molecule has 0 unspecified atom stereocenters. The number of carbonyl (C=O) groups excluding carboxylic acids is 1. The Bertz CT molecular complexity index is 746. The van der Waals surface area contributed by atoms with E-state index in [1.54, 1.807) is 24.3 Å². The summed E-state index contributed by atoms with van der Waals surface area (Å²) < 4.78 is 10.4. The van der Waals surface area contributed by atoms with E-state index in [4.69, 9.17) is 14.6 Å². The molecule has 0 aliphatic carbocycles. The second kappa shape index (κ2) is 6.07. The average Bonchev–Trinajstić information content (AvgIpc) is 3.00. The van der Waals surface area contributed by atoms with Gasteiger partial charge in [0.15, 0.2) is 17.3 Å². The van der Waals surface area contributed by atoms with E-state index in [9.17, 15) is 9.59 Å². The summed E-state index contributed by atoms with van der Waals surface area (Å²) in [5, 5.41) is 9.41. The van der Waals surface area contributed by atoms with Crippen LogP contribution in [0.2, 0.25) is 0 Å². The molecule has 7 heteroatoms. The average molecular weight is 317 g/mol. The first-order valence-corrected chi connectivity index (χ1v) is 7.37. The number of nitrogens with zero attached hydrogens (tertiary/aromatic N) is 1. The molecule has 0 saturated carbocycles. The van der Waals surface area contributed by atoms with Crippen LogP contribution in [0.15, 0.2) is 41.6 Å². The highest BCUT2D eigenvalue weighted by Crippen LogP contribution is 2.33. The predicted octanol–water partition coefficient (Wildman–Crippen LogP) is 2.48. The number of hydrogen-bond donors (Lipinski definition) is 1. The van der Waals surface area contributed by atoms with E-state index in [-0.39, 0.29) is 23.9 Å². The Balaban J connectivity index is 1.72. The van der Waals surface area contributed by atoms with Gasteiger partial charge < -0.3 is 14.6 Å². The van der Waals surface area contributed by atoms with Crippen LogP contribution >= 0.6 is 11.8 Å². The Labute approximate surface area is 130 Å². The Kier molecular flexibility index (Phi) is 3.97. The summed E-state index contributed by atoms with van der Waals surface area (Å²) in [5.41, 5.74) is 0.579. The van der Waals surface area contributed by atoms with Gasteiger partial charge in [0.2, 0.25) is 6.79 Å². The number of aromatic carboxylic acids is 1. The van der Waals surface area contributed by atoms with Gasteiger partial charge in [-0.15, -0.1) is 0 Å². The molecule has 3 rings (SSSR count). The van der Waals surface area contributed by atoms with E-state index in [2.05, 4.69) is 4.98 Å². The van der Waals surface area contributed by atoms with Crippen LogP contribution in [0, 0.1) is 0 Å². The lowest BCUT2D eigenvalue weighted by Gasteiger charge is -2.05. The molecule has 0 fully saturated rings. The second-order valence-corrected chi connectivity index (χ2v) is 5.41. The lowest BCUT2D eigenvalue weighted by atomic mass is 10.1. The zero-order valence-electron chi connectivity index (χ0n) is 11.3. The highest BCUT2D eigenvalue weighted by molar-refractivity contribution is 8.00. The van der Waals surface area contributed by atoms with Crippen molar-refractivity contribution in [3.05, 3.63) is 47.7 Å². The number of thioether (sulfide) groups is 1. The molecule has 0 radical (unpaired) electrons. The third-order valence-electron chi connectivity index (χ3n) is 3.04. The van der Waals surface area contributed by atoms with Gasteiger partial charge >= 0.3 is 5.97 Å². The minimum atomic E-state index is -1.06. The quantitative estimate of drug-likeness (QED) is 0.669. The number of aromatic nitrogens is 1. The number of benzene rings is 1. The summed E-state index contributed by atoms with van der Waals surface area (Å²) in [4.78, 5) is 27.3. The summed E-state index contributed by atoms with van der Waals surface area (Å²) in [6.07, 6.45) is 1.50. The minimum absolute atomic E-state index is 0.0889. The van der Waals surface area contributed by atoms with E-state index >= 15 is 0 Å². The Morgan fingerprint density at radius 1 is 1.23 bits per heavy atom. The Hall–Kier alpha value is -2.54. The Morgan fingerprint density at radius 2 is 2.05 bits per heavy atom. The number of carboxylic acids is 1. The molecule has 0 bridgehead atoms. The maximum absolute atomic E-state index is 12.2. The van der Waals surface area contributed by atoms with Crippen molar-refractivity contribution in [2.45, 2.75) is 5.03 Å². The molecule has 1 aromatic heterocycles. The first-order chi connectivity index (χ1) is 10.6. The van der Waals surface area contributed by atoms with Crippen LogP contribution in [-0.2, 0) is 0 Å². The highest BCUT2D eigenvalue weighted by Gasteiger charge is 2.17. The van der Waals surface area contributed by atoms with Gasteiger partial charge in [0, 0.05) is 11.8 Å². The van der Waals surface area contributed by atoms with Gasteiger partial charge in [-0.3, -0.25) is 4.79 Å². The third-order valence-corrected chi connectivity index (χ3v) is 4.04. The lowest BCUT2D eigenvalue weighted by Crippen LogP contribution is -2.05. The lowest BCUT2D eigenvalue weighted by molar-refractivity contribution is 0.0692. The summed E-state index contributed by atoms with van der Waals surface area (Å²) >= 11 is 1.10. The first kappa shape index (κ1) is 14.4. The topological polar surface area (TPSA) is 85.7 Å². The number of ketones is 1. The zero-order valence-corrected chi connectivity index (χ0v) is 12.1. The number of pyridine rings is 1. The van der Waals surface area contributed by atoms with Gasteiger partial charge in [-0.1, -0.05) is 11.8 Å². The second-order valence-electron chi connectivity index (χ2n) is 4.44. The van der Waals surface area contributed by atoms with Crippen molar-refractivity contribution >= 4 is 23.5 Å². The maximum atomic E-state index is 12.2. The van der Waals surface area contributed by atoms with Crippen LogP contribution in [0.1, 0.15) is 20.7 Å². The van der Waals surface area contributed by atoms with Crippen LogP contribution in [0.4, 0.5) is 0 Å². The predicted molar refractivity (Wildman–Crippen MR) is 78.8 cm³/mol. The number of Topliss-reactive ketones (excluding diaryl/α,β-unsaturated/α-hetero) is 1. The van der Waals surface area contributed by atoms with Crippen molar-refractivity contribution in [3.8, 4) is 11.5 Å². The molecule has 2 heterocycles. The molecule has 1 aliphatic heterocycles.